The molecule has 0 spiro atoms. The minimum absolute atomic E-state index is 0.0119. The second-order valence-electron chi connectivity index (χ2n) is 5.72. The Morgan fingerprint density at radius 2 is 2.28 bits per heavy atom. The molecule has 1 amide bonds. The molecule has 0 aromatic carbocycles. The first kappa shape index (κ1) is 14.1. The molecule has 1 fully saturated rings. The van der Waals surface area contributed by atoms with Crippen molar-refractivity contribution in [1.82, 2.24) is 5.32 Å². The normalized spacial score (nSPS) is 23.7. The summed E-state index contributed by atoms with van der Waals surface area (Å²) in [6.07, 6.45) is 3.68. The van der Waals surface area contributed by atoms with Crippen molar-refractivity contribution < 1.29 is 4.79 Å². The molecule has 1 saturated heterocycles. The fourth-order valence-electron chi connectivity index (χ4n) is 2.85. The summed E-state index contributed by atoms with van der Waals surface area (Å²) in [5, 5.41) is 3.23. The predicted molar refractivity (Wildman–Crippen MR) is 80.0 cm³/mol. The Hall–Kier alpha value is -0.350. The van der Waals surface area contributed by atoms with E-state index >= 15 is 0 Å². The van der Waals surface area contributed by atoms with E-state index in [0.717, 1.165) is 19.3 Å². The smallest absolute Gasteiger partial charge is 0.220 e. The van der Waals surface area contributed by atoms with Gasteiger partial charge in [0.25, 0.3) is 0 Å². The van der Waals surface area contributed by atoms with E-state index in [0.29, 0.717) is 12.3 Å². The third-order valence-corrected chi connectivity index (χ3v) is 5.59. The third kappa shape index (κ3) is 3.15. The Bertz CT molecular complexity index is 435. The highest BCUT2D eigenvalue weighted by Crippen LogP contribution is 2.35. The number of hydrogen-bond donors (Lipinski definition) is 1. The van der Waals surface area contributed by atoms with E-state index in [1.807, 2.05) is 11.3 Å². The number of halogens is 1. The minimum Gasteiger partial charge on any atom is -0.350 e. The van der Waals surface area contributed by atoms with Gasteiger partial charge in [-0.1, -0.05) is 13.8 Å². The number of rotatable bonds is 4. The molecule has 1 aliphatic heterocycles. The topological polar surface area (TPSA) is 29.1 Å². The van der Waals surface area contributed by atoms with Crippen LogP contribution in [0.25, 0.3) is 0 Å². The van der Waals surface area contributed by atoms with Crippen molar-refractivity contribution in [1.29, 1.82) is 0 Å². The van der Waals surface area contributed by atoms with Crippen molar-refractivity contribution in [2.45, 2.75) is 52.0 Å². The molecule has 1 aromatic heterocycles. The predicted octanol–water partition coefficient (Wildman–Crippen LogP) is 4.06. The molecule has 2 rings (SSSR count). The van der Waals surface area contributed by atoms with Crippen LogP contribution in [0.3, 0.4) is 0 Å². The highest BCUT2D eigenvalue weighted by Gasteiger charge is 2.38. The molecular formula is C14H20BrNOS. The van der Waals surface area contributed by atoms with Crippen LogP contribution in [0.4, 0.5) is 0 Å². The van der Waals surface area contributed by atoms with Crippen LogP contribution in [0.1, 0.15) is 42.9 Å². The summed E-state index contributed by atoms with van der Waals surface area (Å²) in [5.74, 6) is 0.816. The van der Waals surface area contributed by atoms with E-state index in [2.05, 4.69) is 48.1 Å². The van der Waals surface area contributed by atoms with Gasteiger partial charge >= 0.3 is 0 Å². The maximum atomic E-state index is 11.6. The average molecular weight is 330 g/mol. The van der Waals surface area contributed by atoms with E-state index in [9.17, 15) is 4.79 Å². The monoisotopic (exact) mass is 329 g/mol. The van der Waals surface area contributed by atoms with Gasteiger partial charge in [0.2, 0.25) is 5.91 Å². The number of carbonyl (C=O) groups is 1. The van der Waals surface area contributed by atoms with Gasteiger partial charge in [-0.25, -0.2) is 0 Å². The van der Waals surface area contributed by atoms with Crippen LogP contribution < -0.4 is 5.32 Å². The van der Waals surface area contributed by atoms with Crippen LogP contribution in [0, 0.1) is 12.8 Å². The molecule has 1 N–H and O–H groups in total. The first-order chi connectivity index (χ1) is 8.40. The Balaban J connectivity index is 2.17. The first-order valence-electron chi connectivity index (χ1n) is 6.46. The number of nitrogens with one attached hydrogen (secondary N) is 1. The Morgan fingerprint density at radius 3 is 2.72 bits per heavy atom. The summed E-state index contributed by atoms with van der Waals surface area (Å²) < 4.78 is 1.19. The van der Waals surface area contributed by atoms with E-state index in [4.69, 9.17) is 0 Å². The van der Waals surface area contributed by atoms with Crippen molar-refractivity contribution in [3.63, 3.8) is 0 Å². The number of carbonyl (C=O) groups excluding carboxylic acids is 1. The van der Waals surface area contributed by atoms with Gasteiger partial charge < -0.3 is 5.32 Å². The summed E-state index contributed by atoms with van der Waals surface area (Å²) in [6, 6.07) is 2.20. The van der Waals surface area contributed by atoms with Gasteiger partial charge in [0.1, 0.15) is 0 Å². The molecule has 18 heavy (non-hydrogen) atoms. The molecule has 0 bridgehead atoms. The van der Waals surface area contributed by atoms with Crippen molar-refractivity contribution in [3.8, 4) is 0 Å². The molecule has 2 heterocycles. The van der Waals surface area contributed by atoms with E-state index in [1.165, 1.54) is 14.2 Å². The average Bonchev–Trinajstić information content (AvgIpc) is 2.71. The largest absolute Gasteiger partial charge is 0.350 e. The zero-order chi connectivity index (χ0) is 13.3. The van der Waals surface area contributed by atoms with Crippen molar-refractivity contribution in [3.05, 3.63) is 20.3 Å². The molecule has 4 heteroatoms. The molecule has 0 aliphatic carbocycles. The van der Waals surface area contributed by atoms with Crippen LogP contribution >= 0.6 is 27.3 Å². The highest BCUT2D eigenvalue weighted by molar-refractivity contribution is 9.10. The van der Waals surface area contributed by atoms with Gasteiger partial charge in [-0.3, -0.25) is 4.79 Å². The maximum absolute atomic E-state index is 11.6. The van der Waals surface area contributed by atoms with Crippen LogP contribution in [0.2, 0.25) is 0 Å². The van der Waals surface area contributed by atoms with E-state index in [1.54, 1.807) is 0 Å². The summed E-state index contributed by atoms with van der Waals surface area (Å²) in [6.45, 7) is 6.57. The zero-order valence-electron chi connectivity index (χ0n) is 11.2. The van der Waals surface area contributed by atoms with Crippen molar-refractivity contribution in [2.75, 3.05) is 0 Å². The lowest BCUT2D eigenvalue weighted by Gasteiger charge is -2.30. The lowest BCUT2D eigenvalue weighted by Crippen LogP contribution is -2.44. The molecule has 1 atom stereocenters. The van der Waals surface area contributed by atoms with Gasteiger partial charge in [0.05, 0.1) is 0 Å². The molecular weight excluding hydrogens is 310 g/mol. The highest BCUT2D eigenvalue weighted by atomic mass is 79.9. The second kappa shape index (κ2) is 5.33. The summed E-state index contributed by atoms with van der Waals surface area (Å²) >= 11 is 5.40. The SMILES string of the molecule is Cc1sc(CC2(CC(C)C)CCC(=O)N2)cc1Br. The van der Waals surface area contributed by atoms with Crippen molar-refractivity contribution >= 4 is 33.2 Å². The molecule has 100 valence electrons. The molecule has 1 aromatic rings. The van der Waals surface area contributed by atoms with Crippen LogP contribution in [0.5, 0.6) is 0 Å². The third-order valence-electron chi connectivity index (χ3n) is 3.46. The fraction of sp³-hybridized carbons (Fsp3) is 0.643. The van der Waals surface area contributed by atoms with Gasteiger partial charge in [0, 0.05) is 32.6 Å². The van der Waals surface area contributed by atoms with Gasteiger partial charge in [-0.05, 0) is 47.7 Å². The van der Waals surface area contributed by atoms with Crippen molar-refractivity contribution in [2.24, 2.45) is 5.92 Å². The quantitative estimate of drug-likeness (QED) is 0.886. The standard InChI is InChI=1S/C14H20BrNOS/c1-9(2)7-14(5-4-13(17)16-14)8-11-6-12(15)10(3)18-11/h6,9H,4-5,7-8H2,1-3H3,(H,16,17). The van der Waals surface area contributed by atoms with Crippen LogP contribution in [0.15, 0.2) is 10.5 Å². The Kier molecular flexibility index (Phi) is 4.17. The van der Waals surface area contributed by atoms with Crippen LogP contribution in [-0.2, 0) is 11.2 Å². The Labute approximate surface area is 121 Å². The zero-order valence-corrected chi connectivity index (χ0v) is 13.6. The lowest BCUT2D eigenvalue weighted by molar-refractivity contribution is -0.119. The van der Waals surface area contributed by atoms with Gasteiger partial charge in [-0.2, -0.15) is 0 Å². The van der Waals surface area contributed by atoms with E-state index < -0.39 is 0 Å². The minimum atomic E-state index is -0.0119. The van der Waals surface area contributed by atoms with Gasteiger partial charge in [-0.15, -0.1) is 11.3 Å². The summed E-state index contributed by atoms with van der Waals surface area (Å²) in [4.78, 5) is 14.3. The lowest BCUT2D eigenvalue weighted by atomic mass is 9.84. The number of thiophene rings is 1. The molecule has 0 saturated carbocycles. The Morgan fingerprint density at radius 1 is 1.56 bits per heavy atom. The molecule has 2 nitrogen and oxygen atoms in total. The molecule has 1 aliphatic rings. The summed E-state index contributed by atoms with van der Waals surface area (Å²) in [7, 11) is 0. The number of hydrogen-bond acceptors (Lipinski definition) is 2. The first-order valence-corrected chi connectivity index (χ1v) is 8.07. The maximum Gasteiger partial charge on any atom is 0.220 e. The van der Waals surface area contributed by atoms with Crippen LogP contribution in [-0.4, -0.2) is 11.4 Å². The number of aryl methyl sites for hydroxylation is 1. The molecule has 1 unspecified atom stereocenters. The van der Waals surface area contributed by atoms with E-state index in [-0.39, 0.29) is 11.4 Å². The second-order valence-corrected chi connectivity index (χ2v) is 7.92. The fourth-order valence-corrected chi connectivity index (χ4v) is 4.60. The van der Waals surface area contributed by atoms with Gasteiger partial charge in [0.15, 0.2) is 0 Å². The molecule has 0 radical (unpaired) electrons. The number of amides is 1. The summed E-state index contributed by atoms with van der Waals surface area (Å²) in [5.41, 5.74) is -0.0119.